The van der Waals surface area contributed by atoms with Crippen LogP contribution in [0, 0.1) is 6.92 Å². The number of hydrogen-bond acceptors (Lipinski definition) is 4. The Morgan fingerprint density at radius 2 is 2.44 bits per heavy atom. The minimum absolute atomic E-state index is 0.0991. The first-order valence-electron chi connectivity index (χ1n) is 5.55. The molecule has 1 amide bonds. The van der Waals surface area contributed by atoms with Gasteiger partial charge in [-0.3, -0.25) is 4.79 Å². The molecule has 1 aliphatic rings. The summed E-state index contributed by atoms with van der Waals surface area (Å²) in [6.07, 6.45) is 1.56. The number of nitrogens with one attached hydrogen (secondary N) is 1. The van der Waals surface area contributed by atoms with Crippen molar-refractivity contribution in [2.75, 3.05) is 13.2 Å². The number of aryl methyl sites for hydroxylation is 2. The Kier molecular flexibility index (Phi) is 3.24. The van der Waals surface area contributed by atoms with Gasteiger partial charge in [-0.1, -0.05) is 6.92 Å². The summed E-state index contributed by atoms with van der Waals surface area (Å²) in [7, 11) is 0. The van der Waals surface area contributed by atoms with Crippen molar-refractivity contribution in [3.05, 3.63) is 17.3 Å². The van der Waals surface area contributed by atoms with Crippen molar-refractivity contribution < 1.29 is 13.9 Å². The number of amides is 1. The topological polar surface area (TPSA) is 64.4 Å². The highest BCUT2D eigenvalue weighted by molar-refractivity contribution is 5.92. The van der Waals surface area contributed by atoms with Crippen molar-refractivity contribution >= 4 is 5.91 Å². The minimum Gasteiger partial charge on any atom is -0.435 e. The molecule has 1 N–H and O–H groups in total. The molecule has 0 spiro atoms. The first kappa shape index (κ1) is 11.1. The van der Waals surface area contributed by atoms with Crippen molar-refractivity contribution in [3.63, 3.8) is 0 Å². The van der Waals surface area contributed by atoms with E-state index in [9.17, 15) is 4.79 Å². The van der Waals surface area contributed by atoms with Crippen LogP contribution in [0.15, 0.2) is 4.42 Å². The van der Waals surface area contributed by atoms with E-state index in [1.165, 1.54) is 0 Å². The zero-order chi connectivity index (χ0) is 11.5. The van der Waals surface area contributed by atoms with Crippen LogP contribution < -0.4 is 5.32 Å². The Morgan fingerprint density at radius 3 is 3.00 bits per heavy atom. The van der Waals surface area contributed by atoms with Crippen LogP contribution in [-0.2, 0) is 11.2 Å². The summed E-state index contributed by atoms with van der Waals surface area (Å²) < 4.78 is 10.6. The van der Waals surface area contributed by atoms with E-state index in [2.05, 4.69) is 10.3 Å². The molecule has 1 aromatic rings. The van der Waals surface area contributed by atoms with E-state index in [4.69, 9.17) is 9.15 Å². The number of oxazole rings is 1. The number of carbonyl (C=O) groups is 1. The van der Waals surface area contributed by atoms with Gasteiger partial charge in [-0.05, 0) is 13.3 Å². The van der Waals surface area contributed by atoms with Gasteiger partial charge < -0.3 is 14.5 Å². The van der Waals surface area contributed by atoms with Gasteiger partial charge >= 0.3 is 0 Å². The van der Waals surface area contributed by atoms with Crippen LogP contribution in [-0.4, -0.2) is 30.1 Å². The Labute approximate surface area is 94.2 Å². The molecule has 0 saturated carbocycles. The first-order valence-corrected chi connectivity index (χ1v) is 5.55. The molecule has 5 nitrogen and oxygen atoms in total. The lowest BCUT2D eigenvalue weighted by atomic mass is 10.2. The normalized spacial score (nSPS) is 20.0. The van der Waals surface area contributed by atoms with Crippen molar-refractivity contribution in [2.45, 2.75) is 32.7 Å². The highest BCUT2D eigenvalue weighted by Crippen LogP contribution is 2.12. The molecule has 0 unspecified atom stereocenters. The summed E-state index contributed by atoms with van der Waals surface area (Å²) in [4.78, 5) is 16.0. The average Bonchev–Trinajstić information content (AvgIpc) is 2.87. The SMILES string of the molecule is CCc1nc(C)c(C(=O)N[C@H]2CCOC2)o1. The van der Waals surface area contributed by atoms with Gasteiger partial charge in [-0.2, -0.15) is 0 Å². The van der Waals surface area contributed by atoms with Gasteiger partial charge in [0.1, 0.15) is 0 Å². The predicted octanol–water partition coefficient (Wildman–Crippen LogP) is 1.06. The maximum atomic E-state index is 11.9. The van der Waals surface area contributed by atoms with Gasteiger partial charge in [0.05, 0.1) is 18.3 Å². The van der Waals surface area contributed by atoms with Gasteiger partial charge in [0.15, 0.2) is 5.89 Å². The lowest BCUT2D eigenvalue weighted by molar-refractivity contribution is 0.0899. The number of aromatic nitrogens is 1. The fraction of sp³-hybridized carbons (Fsp3) is 0.636. The number of rotatable bonds is 3. The van der Waals surface area contributed by atoms with Crippen molar-refractivity contribution in [1.82, 2.24) is 10.3 Å². The summed E-state index contributed by atoms with van der Waals surface area (Å²) in [5.41, 5.74) is 0.647. The van der Waals surface area contributed by atoms with Gasteiger partial charge in [-0.25, -0.2) is 4.98 Å². The standard InChI is InChI=1S/C11H16N2O3/c1-3-9-12-7(2)10(16-9)11(14)13-8-4-5-15-6-8/h8H,3-6H2,1-2H3,(H,13,14)/t8-/m0/s1. The molecule has 2 rings (SSSR count). The highest BCUT2D eigenvalue weighted by Gasteiger charge is 2.22. The van der Waals surface area contributed by atoms with Crippen LogP contribution in [0.2, 0.25) is 0 Å². The van der Waals surface area contributed by atoms with E-state index < -0.39 is 0 Å². The summed E-state index contributed by atoms with van der Waals surface area (Å²) in [6, 6.07) is 0.0991. The summed E-state index contributed by atoms with van der Waals surface area (Å²) in [6.45, 7) is 5.01. The van der Waals surface area contributed by atoms with Crippen molar-refractivity contribution in [2.24, 2.45) is 0 Å². The largest absolute Gasteiger partial charge is 0.435 e. The molecule has 5 heteroatoms. The predicted molar refractivity (Wildman–Crippen MR) is 57.3 cm³/mol. The molecule has 0 aliphatic carbocycles. The van der Waals surface area contributed by atoms with Crippen LogP contribution in [0.4, 0.5) is 0 Å². The fourth-order valence-corrected chi connectivity index (χ4v) is 1.71. The van der Waals surface area contributed by atoms with Crippen molar-refractivity contribution in [1.29, 1.82) is 0 Å². The second-order valence-corrected chi connectivity index (χ2v) is 3.91. The maximum absolute atomic E-state index is 11.9. The number of nitrogens with zero attached hydrogens (tertiary/aromatic N) is 1. The van der Waals surface area contributed by atoms with E-state index in [0.717, 1.165) is 6.42 Å². The summed E-state index contributed by atoms with van der Waals surface area (Å²) in [5.74, 6) is 0.731. The molecule has 1 fully saturated rings. The fourth-order valence-electron chi connectivity index (χ4n) is 1.71. The zero-order valence-corrected chi connectivity index (χ0v) is 9.58. The van der Waals surface area contributed by atoms with E-state index in [1.54, 1.807) is 6.92 Å². The molecule has 0 bridgehead atoms. The Balaban J connectivity index is 2.04. The van der Waals surface area contributed by atoms with E-state index in [1.807, 2.05) is 6.92 Å². The van der Waals surface area contributed by atoms with Gasteiger partial charge in [-0.15, -0.1) is 0 Å². The molecule has 1 atom stereocenters. The van der Waals surface area contributed by atoms with E-state index in [0.29, 0.717) is 37.0 Å². The number of ether oxygens (including phenoxy) is 1. The number of carbonyl (C=O) groups excluding carboxylic acids is 1. The maximum Gasteiger partial charge on any atom is 0.289 e. The Morgan fingerprint density at radius 1 is 1.62 bits per heavy atom. The third-order valence-corrected chi connectivity index (χ3v) is 2.61. The van der Waals surface area contributed by atoms with E-state index >= 15 is 0 Å². The summed E-state index contributed by atoms with van der Waals surface area (Å²) >= 11 is 0. The molecule has 2 heterocycles. The number of hydrogen-bond donors (Lipinski definition) is 1. The molecule has 1 saturated heterocycles. The van der Waals surface area contributed by atoms with Gasteiger partial charge in [0.25, 0.3) is 5.91 Å². The van der Waals surface area contributed by atoms with Gasteiger partial charge in [0.2, 0.25) is 5.76 Å². The molecule has 88 valence electrons. The van der Waals surface area contributed by atoms with Crippen molar-refractivity contribution in [3.8, 4) is 0 Å². The van der Waals surface area contributed by atoms with Crippen LogP contribution >= 0.6 is 0 Å². The Bertz CT molecular complexity index is 381. The molecule has 1 aliphatic heterocycles. The monoisotopic (exact) mass is 224 g/mol. The lowest BCUT2D eigenvalue weighted by Crippen LogP contribution is -2.35. The quantitative estimate of drug-likeness (QED) is 0.834. The van der Waals surface area contributed by atoms with E-state index in [-0.39, 0.29) is 11.9 Å². The molecule has 0 radical (unpaired) electrons. The summed E-state index contributed by atoms with van der Waals surface area (Å²) in [5, 5.41) is 2.88. The van der Waals surface area contributed by atoms with Crippen LogP contribution in [0.3, 0.4) is 0 Å². The smallest absolute Gasteiger partial charge is 0.289 e. The first-order chi connectivity index (χ1) is 7.70. The molecular formula is C11H16N2O3. The average molecular weight is 224 g/mol. The molecule has 0 aromatic carbocycles. The minimum atomic E-state index is -0.194. The molecule has 1 aromatic heterocycles. The van der Waals surface area contributed by atoms with Crippen LogP contribution in [0.25, 0.3) is 0 Å². The molecular weight excluding hydrogens is 208 g/mol. The third kappa shape index (κ3) is 2.24. The van der Waals surface area contributed by atoms with Crippen LogP contribution in [0.1, 0.15) is 35.5 Å². The third-order valence-electron chi connectivity index (χ3n) is 2.61. The Hall–Kier alpha value is -1.36. The van der Waals surface area contributed by atoms with Gasteiger partial charge in [0, 0.05) is 13.0 Å². The second kappa shape index (κ2) is 4.65. The lowest BCUT2D eigenvalue weighted by Gasteiger charge is -2.08. The second-order valence-electron chi connectivity index (χ2n) is 3.91. The van der Waals surface area contributed by atoms with Crippen LogP contribution in [0.5, 0.6) is 0 Å². The molecule has 16 heavy (non-hydrogen) atoms. The zero-order valence-electron chi connectivity index (χ0n) is 9.58. The highest BCUT2D eigenvalue weighted by atomic mass is 16.5.